The van der Waals surface area contributed by atoms with E-state index in [1.165, 1.54) is 5.32 Å². The van der Waals surface area contributed by atoms with Crippen molar-refractivity contribution in [1.29, 1.82) is 0 Å². The van der Waals surface area contributed by atoms with Crippen molar-refractivity contribution in [1.82, 2.24) is 0 Å². The number of nitrogens with one attached hydrogen (secondary N) is 1. The van der Waals surface area contributed by atoms with Gasteiger partial charge >= 0.3 is 29.9 Å². The molecule has 0 aromatic heterocycles. The normalized spacial score (nSPS) is 12.7. The van der Waals surface area contributed by atoms with Gasteiger partial charge in [0, 0.05) is 5.69 Å². The van der Waals surface area contributed by atoms with Crippen LogP contribution in [0.2, 0.25) is 0 Å². The van der Waals surface area contributed by atoms with Crippen molar-refractivity contribution in [3.63, 3.8) is 0 Å². The largest absolute Gasteiger partial charge is 0.465 e. The van der Waals surface area contributed by atoms with Gasteiger partial charge in [0.25, 0.3) is 0 Å². The van der Waals surface area contributed by atoms with Crippen LogP contribution in [0.25, 0.3) is 0 Å². The van der Waals surface area contributed by atoms with Gasteiger partial charge in [-0.1, -0.05) is 0 Å². The number of esters is 1. The Hall–Kier alpha value is -2.33. The Morgan fingerprint density at radius 1 is 0.957 bits per heavy atom. The first kappa shape index (κ1) is 18.7. The molecule has 0 radical (unpaired) electrons. The summed E-state index contributed by atoms with van der Waals surface area (Å²) in [6, 6.07) is 3.68. The minimum absolute atomic E-state index is 0.0575. The van der Waals surface area contributed by atoms with Crippen LogP contribution in [-0.4, -0.2) is 37.0 Å². The summed E-state index contributed by atoms with van der Waals surface area (Å²) in [5, 5.41) is 1.22. The number of anilines is 1. The fraction of sp³-hybridized carbons (Fsp3) is 0.333. The van der Waals surface area contributed by atoms with E-state index in [0.717, 1.165) is 31.4 Å². The molecule has 0 aliphatic rings. The maximum Gasteiger partial charge on any atom is 0.460 e. The third kappa shape index (κ3) is 3.54. The number of carbonyl (C=O) groups is 2. The van der Waals surface area contributed by atoms with Gasteiger partial charge in [-0.25, -0.2) is 4.79 Å². The zero-order valence-electron chi connectivity index (χ0n) is 11.2. The monoisotopic (exact) mass is 347 g/mol. The summed E-state index contributed by atoms with van der Waals surface area (Å²) in [4.78, 5) is 22.2. The second-order valence-electron chi connectivity index (χ2n) is 4.17. The first-order valence-corrected chi connectivity index (χ1v) is 5.66. The van der Waals surface area contributed by atoms with E-state index in [0.29, 0.717) is 0 Å². The van der Waals surface area contributed by atoms with Gasteiger partial charge in [0.1, 0.15) is 0 Å². The Balaban J connectivity index is 2.97. The molecular weight excluding hydrogens is 339 g/mol. The van der Waals surface area contributed by atoms with Gasteiger partial charge in [0.15, 0.2) is 0 Å². The van der Waals surface area contributed by atoms with Gasteiger partial charge in [0.05, 0.1) is 12.7 Å². The summed E-state index contributed by atoms with van der Waals surface area (Å²) < 4.78 is 91.7. The number of benzene rings is 1. The standard InChI is InChI=1S/C12H8F7NO3/c1-23-8(21)6-2-4-7(5-3-6)20-9(22)10(13,14)11(15,16)12(17,18)19/h2-5H,1H3,(H,20,22). The minimum atomic E-state index is -6.61. The van der Waals surface area contributed by atoms with Crippen molar-refractivity contribution in [2.75, 3.05) is 12.4 Å². The lowest BCUT2D eigenvalue weighted by molar-refractivity contribution is -0.343. The molecule has 1 aromatic rings. The number of carbonyl (C=O) groups excluding carboxylic acids is 2. The van der Waals surface area contributed by atoms with E-state index in [4.69, 9.17) is 0 Å². The van der Waals surface area contributed by atoms with Crippen LogP contribution in [0.3, 0.4) is 0 Å². The van der Waals surface area contributed by atoms with Crippen LogP contribution >= 0.6 is 0 Å². The molecule has 1 N–H and O–H groups in total. The van der Waals surface area contributed by atoms with Gasteiger partial charge in [-0.3, -0.25) is 4.79 Å². The number of rotatable bonds is 4. The zero-order valence-corrected chi connectivity index (χ0v) is 11.2. The number of ether oxygens (including phenoxy) is 1. The fourth-order valence-electron chi connectivity index (χ4n) is 1.34. The van der Waals surface area contributed by atoms with E-state index >= 15 is 0 Å². The molecule has 1 aromatic carbocycles. The molecule has 0 aliphatic heterocycles. The number of hydrogen-bond donors (Lipinski definition) is 1. The molecule has 11 heteroatoms. The molecule has 4 nitrogen and oxygen atoms in total. The molecule has 0 spiro atoms. The molecule has 1 rings (SSSR count). The van der Waals surface area contributed by atoms with Crippen molar-refractivity contribution in [3.8, 4) is 0 Å². The first-order valence-electron chi connectivity index (χ1n) is 5.66. The van der Waals surface area contributed by atoms with E-state index in [9.17, 15) is 40.3 Å². The third-order valence-corrected chi connectivity index (χ3v) is 2.60. The lowest BCUT2D eigenvalue weighted by Gasteiger charge is -2.27. The molecule has 23 heavy (non-hydrogen) atoms. The molecule has 0 heterocycles. The van der Waals surface area contributed by atoms with E-state index < -0.39 is 35.6 Å². The second-order valence-corrected chi connectivity index (χ2v) is 4.17. The van der Waals surface area contributed by atoms with E-state index in [1.807, 2.05) is 0 Å². The maximum absolute atomic E-state index is 13.1. The van der Waals surface area contributed by atoms with Crippen LogP contribution in [0, 0.1) is 0 Å². The minimum Gasteiger partial charge on any atom is -0.465 e. The zero-order chi connectivity index (χ0) is 18.1. The van der Waals surface area contributed by atoms with E-state index in [2.05, 4.69) is 4.74 Å². The molecule has 0 aliphatic carbocycles. The van der Waals surface area contributed by atoms with Crippen LogP contribution in [0.15, 0.2) is 24.3 Å². The number of alkyl halides is 7. The van der Waals surface area contributed by atoms with Crippen LogP contribution in [-0.2, 0) is 9.53 Å². The van der Waals surface area contributed by atoms with E-state index in [1.54, 1.807) is 0 Å². The number of hydrogen-bond acceptors (Lipinski definition) is 3. The smallest absolute Gasteiger partial charge is 0.460 e. The lowest BCUT2D eigenvalue weighted by atomic mass is 10.1. The molecule has 0 unspecified atom stereocenters. The Morgan fingerprint density at radius 2 is 1.43 bits per heavy atom. The molecule has 0 bridgehead atoms. The van der Waals surface area contributed by atoms with Gasteiger partial charge in [-0.2, -0.15) is 30.7 Å². The topological polar surface area (TPSA) is 55.4 Å². The molecule has 0 atom stereocenters. The third-order valence-electron chi connectivity index (χ3n) is 2.60. The average Bonchev–Trinajstić information content (AvgIpc) is 2.45. The highest BCUT2D eigenvalue weighted by Gasteiger charge is 2.76. The number of methoxy groups -OCH3 is 1. The predicted molar refractivity (Wildman–Crippen MR) is 62.4 cm³/mol. The van der Waals surface area contributed by atoms with Gasteiger partial charge < -0.3 is 10.1 Å². The van der Waals surface area contributed by atoms with Gasteiger partial charge in [-0.05, 0) is 24.3 Å². The van der Waals surface area contributed by atoms with E-state index in [-0.39, 0.29) is 5.56 Å². The molecular formula is C12H8F7NO3. The van der Waals surface area contributed by atoms with Crippen LogP contribution < -0.4 is 5.32 Å². The maximum atomic E-state index is 13.1. The summed E-state index contributed by atoms with van der Waals surface area (Å²) in [5.74, 6) is -16.2. The van der Waals surface area contributed by atoms with Crippen LogP contribution in [0.1, 0.15) is 10.4 Å². The highest BCUT2D eigenvalue weighted by atomic mass is 19.4. The van der Waals surface area contributed by atoms with Crippen LogP contribution in [0.5, 0.6) is 0 Å². The fourth-order valence-corrected chi connectivity index (χ4v) is 1.34. The lowest BCUT2D eigenvalue weighted by Crippen LogP contribution is -2.57. The predicted octanol–water partition coefficient (Wildman–Crippen LogP) is 3.24. The van der Waals surface area contributed by atoms with Crippen LogP contribution in [0.4, 0.5) is 36.4 Å². The highest BCUT2D eigenvalue weighted by molar-refractivity contribution is 5.97. The Labute approximate surface area is 124 Å². The summed E-state index contributed by atoms with van der Waals surface area (Å²) in [6.07, 6.45) is -6.61. The molecule has 0 saturated heterocycles. The van der Waals surface area contributed by atoms with Crippen molar-refractivity contribution >= 4 is 17.6 Å². The quantitative estimate of drug-likeness (QED) is 0.672. The van der Waals surface area contributed by atoms with Crippen molar-refractivity contribution < 1.29 is 45.1 Å². The first-order chi connectivity index (χ1) is 10.3. The van der Waals surface area contributed by atoms with Gasteiger partial charge in [0.2, 0.25) is 0 Å². The molecule has 1 amide bonds. The van der Waals surface area contributed by atoms with Gasteiger partial charge in [-0.15, -0.1) is 0 Å². The van der Waals surface area contributed by atoms with Crippen molar-refractivity contribution in [2.24, 2.45) is 0 Å². The number of halogens is 7. The summed E-state index contributed by atoms with van der Waals surface area (Å²) in [5.41, 5.74) is -0.571. The molecule has 0 saturated carbocycles. The SMILES string of the molecule is COC(=O)c1ccc(NC(=O)C(F)(F)C(F)(F)C(F)(F)F)cc1. The van der Waals surface area contributed by atoms with Crippen molar-refractivity contribution in [2.45, 2.75) is 18.0 Å². The molecule has 128 valence electrons. The Morgan fingerprint density at radius 3 is 1.83 bits per heavy atom. The summed E-state index contributed by atoms with van der Waals surface area (Å²) in [6.45, 7) is 0. The molecule has 0 fully saturated rings. The number of amides is 1. The Kier molecular flexibility index (Phi) is 4.92. The average molecular weight is 347 g/mol. The summed E-state index contributed by atoms with van der Waals surface area (Å²) in [7, 11) is 1.05. The van der Waals surface area contributed by atoms with Crippen molar-refractivity contribution in [3.05, 3.63) is 29.8 Å². The Bertz CT molecular complexity index is 596. The second kappa shape index (κ2) is 6.05. The highest BCUT2D eigenvalue weighted by Crippen LogP contribution is 2.46. The summed E-state index contributed by atoms with van der Waals surface area (Å²) >= 11 is 0.